The fourth-order valence-corrected chi connectivity index (χ4v) is 2.42. The number of unbranched alkanes of at least 4 members (excludes halogenated alkanes) is 1. The van der Waals surface area contributed by atoms with E-state index in [1.807, 2.05) is 11.4 Å². The Bertz CT molecular complexity index is 338. The molecule has 0 fully saturated rings. The van der Waals surface area contributed by atoms with Crippen molar-refractivity contribution in [1.29, 1.82) is 0 Å². The lowest BCUT2D eigenvalue weighted by atomic mass is 10.3. The Hall–Kier alpha value is -0.390. The maximum absolute atomic E-state index is 11.6. The first-order valence-corrected chi connectivity index (χ1v) is 6.94. The van der Waals surface area contributed by atoms with Crippen molar-refractivity contribution in [3.05, 3.63) is 20.8 Å². The second-order valence-electron chi connectivity index (χ2n) is 3.91. The van der Waals surface area contributed by atoms with Crippen molar-refractivity contribution < 1.29 is 4.79 Å². The van der Waals surface area contributed by atoms with Crippen molar-refractivity contribution in [2.45, 2.75) is 12.8 Å². The summed E-state index contributed by atoms with van der Waals surface area (Å²) in [6.07, 6.45) is 2.13. The normalized spacial score (nSPS) is 10.8. The van der Waals surface area contributed by atoms with Gasteiger partial charge in [0, 0.05) is 11.9 Å². The van der Waals surface area contributed by atoms with E-state index in [2.05, 4.69) is 40.2 Å². The van der Waals surface area contributed by atoms with Gasteiger partial charge in [-0.3, -0.25) is 4.79 Å². The lowest BCUT2D eigenvalue weighted by molar-refractivity contribution is 0.0953. The lowest BCUT2D eigenvalue weighted by Gasteiger charge is -2.09. The highest BCUT2D eigenvalue weighted by Gasteiger charge is 2.06. The summed E-state index contributed by atoms with van der Waals surface area (Å²) in [7, 11) is 4.11. The van der Waals surface area contributed by atoms with Crippen LogP contribution in [-0.4, -0.2) is 38.0 Å². The van der Waals surface area contributed by atoms with Gasteiger partial charge in [0.05, 0.1) is 9.35 Å². The first-order valence-electron chi connectivity index (χ1n) is 5.26. The molecule has 0 aromatic carbocycles. The van der Waals surface area contributed by atoms with Gasteiger partial charge in [0.25, 0.3) is 5.91 Å². The largest absolute Gasteiger partial charge is 0.352 e. The zero-order valence-electron chi connectivity index (χ0n) is 9.62. The molecule has 1 aromatic rings. The predicted octanol–water partition coefficient (Wildman–Crippen LogP) is 2.58. The van der Waals surface area contributed by atoms with Crippen LogP contribution in [0.5, 0.6) is 0 Å². The summed E-state index contributed by atoms with van der Waals surface area (Å²) in [5, 5.41) is 4.77. The number of rotatable bonds is 6. The van der Waals surface area contributed by atoms with E-state index >= 15 is 0 Å². The van der Waals surface area contributed by atoms with E-state index in [-0.39, 0.29) is 5.91 Å². The quantitative estimate of drug-likeness (QED) is 0.819. The van der Waals surface area contributed by atoms with E-state index in [4.69, 9.17) is 0 Å². The smallest absolute Gasteiger partial charge is 0.252 e. The second-order valence-corrected chi connectivity index (χ2v) is 6.20. The molecule has 0 unspecified atom stereocenters. The molecule has 0 radical (unpaired) electrons. The number of thiophene rings is 1. The van der Waals surface area contributed by atoms with Crippen LogP contribution in [0.4, 0.5) is 0 Å². The zero-order chi connectivity index (χ0) is 12.0. The van der Waals surface area contributed by atoms with Crippen LogP contribution in [0.3, 0.4) is 0 Å². The van der Waals surface area contributed by atoms with Gasteiger partial charge in [-0.2, -0.15) is 0 Å². The van der Waals surface area contributed by atoms with Crippen molar-refractivity contribution >= 4 is 33.2 Å². The van der Waals surface area contributed by atoms with Crippen LogP contribution in [0.2, 0.25) is 0 Å². The minimum absolute atomic E-state index is 0.0202. The van der Waals surface area contributed by atoms with Crippen LogP contribution in [0.25, 0.3) is 0 Å². The molecule has 5 heteroatoms. The summed E-state index contributed by atoms with van der Waals surface area (Å²) < 4.78 is 0.991. The minimum Gasteiger partial charge on any atom is -0.352 e. The molecule has 0 bridgehead atoms. The molecular weight excluding hydrogens is 288 g/mol. The van der Waals surface area contributed by atoms with E-state index in [0.717, 1.165) is 35.3 Å². The second kappa shape index (κ2) is 7.04. The minimum atomic E-state index is 0.0202. The standard InChI is InChI=1S/C11H17BrN2OS/c1-14(2)6-4-3-5-13-11(15)9-7-10(12)16-8-9/h7-8H,3-6H2,1-2H3,(H,13,15). The van der Waals surface area contributed by atoms with Crippen molar-refractivity contribution in [2.75, 3.05) is 27.2 Å². The van der Waals surface area contributed by atoms with Crippen LogP contribution in [0.1, 0.15) is 23.2 Å². The molecule has 0 aliphatic carbocycles. The van der Waals surface area contributed by atoms with Gasteiger partial charge in [-0.1, -0.05) is 0 Å². The van der Waals surface area contributed by atoms with E-state index in [0.29, 0.717) is 0 Å². The summed E-state index contributed by atoms with van der Waals surface area (Å²) in [6.45, 7) is 1.82. The third kappa shape index (κ3) is 5.09. The van der Waals surface area contributed by atoms with Gasteiger partial charge in [0.15, 0.2) is 0 Å². The number of hydrogen-bond donors (Lipinski definition) is 1. The highest BCUT2D eigenvalue weighted by Crippen LogP contribution is 2.20. The first-order chi connectivity index (χ1) is 7.59. The summed E-state index contributed by atoms with van der Waals surface area (Å²) in [5.41, 5.74) is 0.740. The Morgan fingerprint density at radius 3 is 2.81 bits per heavy atom. The van der Waals surface area contributed by atoms with E-state index in [1.165, 1.54) is 11.3 Å². The molecular formula is C11H17BrN2OS. The maximum atomic E-state index is 11.6. The molecule has 0 spiro atoms. The maximum Gasteiger partial charge on any atom is 0.252 e. The van der Waals surface area contributed by atoms with Crippen molar-refractivity contribution in [2.24, 2.45) is 0 Å². The van der Waals surface area contributed by atoms with Crippen LogP contribution in [0, 0.1) is 0 Å². The van der Waals surface area contributed by atoms with E-state index in [9.17, 15) is 4.79 Å². The monoisotopic (exact) mass is 304 g/mol. The average Bonchev–Trinajstić information content (AvgIpc) is 2.63. The first kappa shape index (κ1) is 13.7. The van der Waals surface area contributed by atoms with E-state index in [1.54, 1.807) is 0 Å². The molecule has 1 N–H and O–H groups in total. The van der Waals surface area contributed by atoms with Crippen molar-refractivity contribution in [3.8, 4) is 0 Å². The van der Waals surface area contributed by atoms with Crippen molar-refractivity contribution in [1.82, 2.24) is 10.2 Å². The third-order valence-corrected chi connectivity index (χ3v) is 3.65. The van der Waals surface area contributed by atoms with Gasteiger partial charge < -0.3 is 10.2 Å². The number of amides is 1. The van der Waals surface area contributed by atoms with Crippen LogP contribution in [0.15, 0.2) is 15.2 Å². The molecule has 1 rings (SSSR count). The van der Waals surface area contributed by atoms with Gasteiger partial charge in [0.2, 0.25) is 0 Å². The summed E-state index contributed by atoms with van der Waals surface area (Å²) in [5.74, 6) is 0.0202. The molecule has 0 saturated carbocycles. The summed E-state index contributed by atoms with van der Waals surface area (Å²) in [4.78, 5) is 13.8. The average molecular weight is 305 g/mol. The van der Waals surface area contributed by atoms with Gasteiger partial charge in [0.1, 0.15) is 0 Å². The highest BCUT2D eigenvalue weighted by atomic mass is 79.9. The van der Waals surface area contributed by atoms with E-state index < -0.39 is 0 Å². The zero-order valence-corrected chi connectivity index (χ0v) is 12.0. The Balaban J connectivity index is 2.16. The number of carbonyl (C=O) groups is 1. The Labute approximate surface area is 109 Å². The molecule has 1 heterocycles. The van der Waals surface area contributed by atoms with Crippen molar-refractivity contribution in [3.63, 3.8) is 0 Å². The van der Waals surface area contributed by atoms with Gasteiger partial charge in [-0.15, -0.1) is 11.3 Å². The molecule has 0 aliphatic rings. The SMILES string of the molecule is CN(C)CCCCNC(=O)c1csc(Br)c1. The van der Waals surface area contributed by atoms with Gasteiger partial charge in [-0.25, -0.2) is 0 Å². The number of hydrogen-bond acceptors (Lipinski definition) is 3. The highest BCUT2D eigenvalue weighted by molar-refractivity contribution is 9.11. The Kier molecular flexibility index (Phi) is 6.01. The molecule has 90 valence electrons. The number of halogens is 1. The number of carbonyl (C=O) groups excluding carboxylic acids is 1. The topological polar surface area (TPSA) is 32.3 Å². The lowest BCUT2D eigenvalue weighted by Crippen LogP contribution is -2.24. The molecule has 3 nitrogen and oxygen atoms in total. The molecule has 1 aromatic heterocycles. The van der Waals surface area contributed by atoms with Gasteiger partial charge >= 0.3 is 0 Å². The molecule has 0 saturated heterocycles. The fraction of sp³-hybridized carbons (Fsp3) is 0.545. The summed E-state index contributed by atoms with van der Waals surface area (Å²) >= 11 is 4.87. The van der Waals surface area contributed by atoms with Crippen LogP contribution < -0.4 is 5.32 Å². The number of nitrogens with zero attached hydrogens (tertiary/aromatic N) is 1. The summed E-state index contributed by atoms with van der Waals surface area (Å²) in [6, 6.07) is 1.85. The third-order valence-electron chi connectivity index (χ3n) is 2.15. The molecule has 0 atom stereocenters. The fourth-order valence-electron chi connectivity index (χ4n) is 1.29. The Morgan fingerprint density at radius 2 is 2.25 bits per heavy atom. The van der Waals surface area contributed by atoms with Gasteiger partial charge in [-0.05, 0) is 55.5 Å². The molecule has 0 aliphatic heterocycles. The number of nitrogens with one attached hydrogen (secondary N) is 1. The Morgan fingerprint density at radius 1 is 1.50 bits per heavy atom. The molecule has 1 amide bonds. The van der Waals surface area contributed by atoms with Crippen LogP contribution >= 0.6 is 27.3 Å². The van der Waals surface area contributed by atoms with Crippen LogP contribution in [-0.2, 0) is 0 Å². The molecule has 16 heavy (non-hydrogen) atoms. The predicted molar refractivity (Wildman–Crippen MR) is 72.1 cm³/mol.